The lowest BCUT2D eigenvalue weighted by molar-refractivity contribution is -0.133. The zero-order chi connectivity index (χ0) is 26.0. The van der Waals surface area contributed by atoms with Crippen molar-refractivity contribution in [2.24, 2.45) is 11.1 Å². The standard InChI is InChI=1S/C27H26FN5O4/c28-18-3-5-19(6-4-18)33(25(35)27(12-13-27)24(29)34)20-7-9-21(10-8-20)37-22-11-14-30-23(17-22)31-26(36)32-15-1-2-16-32/h3-11,14,17H,1-2,12-13,15-16H2,(H2,29,34)(H,30,31,36). The van der Waals surface area contributed by atoms with Crippen LogP contribution in [0.25, 0.3) is 0 Å². The van der Waals surface area contributed by atoms with Crippen LogP contribution >= 0.6 is 0 Å². The van der Waals surface area contributed by atoms with Gasteiger partial charge in [-0.05, 0) is 80.3 Å². The molecule has 0 radical (unpaired) electrons. The summed E-state index contributed by atoms with van der Waals surface area (Å²) in [5.74, 6) is -0.238. The van der Waals surface area contributed by atoms with E-state index in [4.69, 9.17) is 10.5 Å². The molecule has 1 aliphatic carbocycles. The summed E-state index contributed by atoms with van der Waals surface area (Å²) in [7, 11) is 0. The van der Waals surface area contributed by atoms with Crippen molar-refractivity contribution >= 4 is 35.0 Å². The summed E-state index contributed by atoms with van der Waals surface area (Å²) in [6.07, 6.45) is 4.27. The van der Waals surface area contributed by atoms with Crippen LogP contribution in [0.4, 0.5) is 26.4 Å². The van der Waals surface area contributed by atoms with Gasteiger partial charge in [0.2, 0.25) is 11.8 Å². The van der Waals surface area contributed by atoms with Crippen LogP contribution in [0.3, 0.4) is 0 Å². The number of urea groups is 1. The number of nitrogens with two attached hydrogens (primary N) is 1. The maximum Gasteiger partial charge on any atom is 0.323 e. The molecule has 4 amide bonds. The molecule has 2 aromatic carbocycles. The molecule has 1 aromatic heterocycles. The second-order valence-corrected chi connectivity index (χ2v) is 9.16. The second-order valence-electron chi connectivity index (χ2n) is 9.16. The highest BCUT2D eigenvalue weighted by molar-refractivity contribution is 6.16. The summed E-state index contributed by atoms with van der Waals surface area (Å²) in [5.41, 5.74) is 5.18. The van der Waals surface area contributed by atoms with E-state index < -0.39 is 23.0 Å². The molecule has 9 nitrogen and oxygen atoms in total. The van der Waals surface area contributed by atoms with E-state index in [1.807, 2.05) is 0 Å². The topological polar surface area (TPSA) is 118 Å². The molecule has 2 aliphatic rings. The van der Waals surface area contributed by atoms with Crippen molar-refractivity contribution in [2.45, 2.75) is 25.7 Å². The number of aromatic nitrogens is 1. The quantitative estimate of drug-likeness (QED) is 0.458. The Morgan fingerprint density at radius 1 is 0.946 bits per heavy atom. The highest BCUT2D eigenvalue weighted by Crippen LogP contribution is 2.49. The van der Waals surface area contributed by atoms with Crippen molar-refractivity contribution < 1.29 is 23.5 Å². The maximum atomic E-state index is 13.5. The van der Waals surface area contributed by atoms with E-state index in [0.717, 1.165) is 25.9 Å². The Morgan fingerprint density at radius 2 is 1.57 bits per heavy atom. The highest BCUT2D eigenvalue weighted by atomic mass is 19.1. The van der Waals surface area contributed by atoms with Gasteiger partial charge in [0, 0.05) is 36.7 Å². The van der Waals surface area contributed by atoms with Crippen molar-refractivity contribution in [1.82, 2.24) is 9.88 Å². The largest absolute Gasteiger partial charge is 0.457 e. The fraction of sp³-hybridized carbons (Fsp3) is 0.259. The monoisotopic (exact) mass is 503 g/mol. The summed E-state index contributed by atoms with van der Waals surface area (Å²) >= 11 is 0. The lowest BCUT2D eigenvalue weighted by Crippen LogP contribution is -2.41. The molecular weight excluding hydrogens is 477 g/mol. The Kier molecular flexibility index (Phi) is 6.47. The zero-order valence-corrected chi connectivity index (χ0v) is 20.0. The molecule has 3 aromatic rings. The molecule has 3 N–H and O–H groups in total. The summed E-state index contributed by atoms with van der Waals surface area (Å²) < 4.78 is 19.5. The number of nitrogens with zero attached hydrogens (tertiary/aromatic N) is 3. The predicted molar refractivity (Wildman–Crippen MR) is 135 cm³/mol. The molecule has 1 aliphatic heterocycles. The predicted octanol–water partition coefficient (Wildman–Crippen LogP) is 4.57. The molecule has 190 valence electrons. The number of likely N-dealkylation sites (tertiary alicyclic amines) is 1. The number of anilines is 3. The summed E-state index contributed by atoms with van der Waals surface area (Å²) in [5, 5.41) is 2.79. The van der Waals surface area contributed by atoms with Gasteiger partial charge in [0.05, 0.1) is 0 Å². The van der Waals surface area contributed by atoms with E-state index in [-0.39, 0.29) is 6.03 Å². The van der Waals surface area contributed by atoms with Gasteiger partial charge in [-0.15, -0.1) is 0 Å². The normalized spacial score (nSPS) is 15.6. The molecule has 2 fully saturated rings. The smallest absolute Gasteiger partial charge is 0.323 e. The van der Waals surface area contributed by atoms with Crippen LogP contribution in [-0.2, 0) is 9.59 Å². The average molecular weight is 504 g/mol. The van der Waals surface area contributed by atoms with E-state index >= 15 is 0 Å². The molecule has 10 heteroatoms. The van der Waals surface area contributed by atoms with Crippen molar-refractivity contribution in [3.63, 3.8) is 0 Å². The Bertz CT molecular complexity index is 1320. The van der Waals surface area contributed by atoms with Gasteiger partial charge in [0.1, 0.15) is 28.5 Å². The van der Waals surface area contributed by atoms with Gasteiger partial charge in [-0.3, -0.25) is 19.8 Å². The molecule has 5 rings (SSSR count). The van der Waals surface area contributed by atoms with Gasteiger partial charge in [-0.25, -0.2) is 14.2 Å². The van der Waals surface area contributed by atoms with Crippen molar-refractivity contribution in [3.05, 3.63) is 72.7 Å². The van der Waals surface area contributed by atoms with Crippen molar-refractivity contribution in [2.75, 3.05) is 23.3 Å². The van der Waals surface area contributed by atoms with Crippen LogP contribution < -0.4 is 20.7 Å². The Morgan fingerprint density at radius 3 is 2.16 bits per heavy atom. The van der Waals surface area contributed by atoms with Crippen LogP contribution in [0.1, 0.15) is 25.7 Å². The number of nitrogens with one attached hydrogen (secondary N) is 1. The lowest BCUT2D eigenvalue weighted by Gasteiger charge is -2.26. The first-order chi connectivity index (χ1) is 17.9. The molecule has 1 saturated heterocycles. The van der Waals surface area contributed by atoms with Crippen LogP contribution in [-0.4, -0.2) is 40.8 Å². The third kappa shape index (κ3) is 5.09. The first-order valence-corrected chi connectivity index (χ1v) is 12.1. The fourth-order valence-corrected chi connectivity index (χ4v) is 4.33. The Hall–Kier alpha value is -4.47. The second kappa shape index (κ2) is 9.88. The number of hydrogen-bond acceptors (Lipinski definition) is 5. The van der Waals surface area contributed by atoms with Gasteiger partial charge in [-0.1, -0.05) is 0 Å². The van der Waals surface area contributed by atoms with Crippen LogP contribution in [0, 0.1) is 11.2 Å². The number of benzene rings is 2. The number of pyridine rings is 1. The van der Waals surface area contributed by atoms with Crippen molar-refractivity contribution in [1.29, 1.82) is 0 Å². The number of amides is 4. The first-order valence-electron chi connectivity index (χ1n) is 12.1. The van der Waals surface area contributed by atoms with Crippen LogP contribution in [0.5, 0.6) is 11.5 Å². The van der Waals surface area contributed by atoms with Gasteiger partial charge in [0.15, 0.2) is 0 Å². The van der Waals surface area contributed by atoms with E-state index in [1.165, 1.54) is 35.4 Å². The zero-order valence-electron chi connectivity index (χ0n) is 20.0. The Balaban J connectivity index is 1.34. The molecule has 2 heterocycles. The van der Waals surface area contributed by atoms with E-state index in [0.29, 0.717) is 41.5 Å². The van der Waals surface area contributed by atoms with Gasteiger partial charge in [-0.2, -0.15) is 0 Å². The van der Waals surface area contributed by atoms with Gasteiger partial charge >= 0.3 is 6.03 Å². The molecule has 0 atom stereocenters. The highest BCUT2D eigenvalue weighted by Gasteiger charge is 2.57. The minimum Gasteiger partial charge on any atom is -0.457 e. The van der Waals surface area contributed by atoms with Crippen LogP contribution in [0.15, 0.2) is 66.9 Å². The van der Waals surface area contributed by atoms with Crippen molar-refractivity contribution in [3.8, 4) is 11.5 Å². The summed E-state index contributed by atoms with van der Waals surface area (Å²) in [4.78, 5) is 45.1. The molecule has 0 bridgehead atoms. The maximum absolute atomic E-state index is 13.5. The first kappa shape index (κ1) is 24.2. The molecular formula is C27H26FN5O4. The number of rotatable bonds is 7. The fourth-order valence-electron chi connectivity index (χ4n) is 4.33. The molecule has 0 spiro atoms. The third-order valence-corrected chi connectivity index (χ3v) is 6.61. The average Bonchev–Trinajstić information content (AvgIpc) is 3.53. The number of carbonyl (C=O) groups excluding carboxylic acids is 3. The SMILES string of the molecule is NC(=O)C1(C(=O)N(c2ccc(F)cc2)c2ccc(Oc3ccnc(NC(=O)N4CCCC4)c3)cc2)CC1. The number of halogens is 1. The molecule has 1 saturated carbocycles. The van der Waals surface area contributed by atoms with E-state index in [9.17, 15) is 18.8 Å². The number of carbonyl (C=O) groups is 3. The number of primary amides is 1. The van der Waals surface area contributed by atoms with Gasteiger partial charge < -0.3 is 15.4 Å². The third-order valence-electron chi connectivity index (χ3n) is 6.61. The summed E-state index contributed by atoms with van der Waals surface area (Å²) in [6.45, 7) is 1.46. The summed E-state index contributed by atoms with van der Waals surface area (Å²) in [6, 6.07) is 15.2. The lowest BCUT2D eigenvalue weighted by atomic mass is 10.0. The number of ether oxygens (including phenoxy) is 1. The van der Waals surface area contributed by atoms with E-state index in [1.54, 1.807) is 41.3 Å². The minimum absolute atomic E-state index is 0.193. The molecule has 37 heavy (non-hydrogen) atoms. The minimum atomic E-state index is -1.25. The van der Waals surface area contributed by atoms with Crippen LogP contribution in [0.2, 0.25) is 0 Å². The number of hydrogen-bond donors (Lipinski definition) is 2. The Labute approximate surface area is 213 Å². The molecule has 0 unspecified atom stereocenters. The van der Waals surface area contributed by atoms with E-state index in [2.05, 4.69) is 10.3 Å². The van der Waals surface area contributed by atoms with Gasteiger partial charge in [0.25, 0.3) is 0 Å².